The number of esters is 1. The van der Waals surface area contributed by atoms with Gasteiger partial charge in [-0.15, -0.1) is 0 Å². The average molecular weight is 292 g/mol. The van der Waals surface area contributed by atoms with Gasteiger partial charge in [0, 0.05) is 18.8 Å². The number of rotatable bonds is 1. The molecule has 21 heavy (non-hydrogen) atoms. The van der Waals surface area contributed by atoms with Gasteiger partial charge in [0.15, 0.2) is 11.9 Å². The number of Topliss-reactive ketones (excluding diaryl/α,β-unsaturated/α-hetero) is 1. The van der Waals surface area contributed by atoms with Crippen LogP contribution in [0, 0.1) is 11.3 Å². The van der Waals surface area contributed by atoms with E-state index in [0.717, 1.165) is 24.8 Å². The molecule has 1 saturated carbocycles. The van der Waals surface area contributed by atoms with Gasteiger partial charge >= 0.3 is 5.97 Å². The van der Waals surface area contributed by atoms with Crippen LogP contribution in [0.5, 0.6) is 0 Å². The Bertz CT molecular complexity index is 523. The maximum absolute atomic E-state index is 12.4. The summed E-state index contributed by atoms with van der Waals surface area (Å²) in [5, 5.41) is 0. The first-order chi connectivity index (χ1) is 9.80. The van der Waals surface area contributed by atoms with E-state index >= 15 is 0 Å². The van der Waals surface area contributed by atoms with Crippen LogP contribution in [0.1, 0.15) is 53.4 Å². The predicted molar refractivity (Wildman–Crippen MR) is 77.7 cm³/mol. The van der Waals surface area contributed by atoms with Crippen LogP contribution in [0.4, 0.5) is 0 Å². The number of ether oxygens (including phenoxy) is 2. The minimum absolute atomic E-state index is 0.0112. The SMILES string of the molecule is CC(=O)O[C@@H]1C(=O)CC[C@@]23O[C@@H]2CC[C@H](C)[C@@]3(C)/C=C\1C. The molecule has 2 fully saturated rings. The van der Waals surface area contributed by atoms with Crippen molar-refractivity contribution >= 4 is 11.8 Å². The first-order valence-corrected chi connectivity index (χ1v) is 7.87. The molecule has 5 atom stereocenters. The van der Waals surface area contributed by atoms with Gasteiger partial charge in [0.1, 0.15) is 5.60 Å². The van der Waals surface area contributed by atoms with Crippen molar-refractivity contribution in [1.82, 2.24) is 0 Å². The third-order valence-electron chi connectivity index (χ3n) is 5.87. The summed E-state index contributed by atoms with van der Waals surface area (Å²) in [4.78, 5) is 23.6. The minimum atomic E-state index is -0.719. The second-order valence-electron chi connectivity index (χ2n) is 7.10. The Morgan fingerprint density at radius 2 is 2.14 bits per heavy atom. The van der Waals surface area contributed by atoms with Crippen LogP contribution in [0.3, 0.4) is 0 Å². The van der Waals surface area contributed by atoms with Crippen LogP contribution in [0.25, 0.3) is 0 Å². The number of hydrogen-bond acceptors (Lipinski definition) is 4. The van der Waals surface area contributed by atoms with Crippen LogP contribution in [-0.2, 0) is 19.1 Å². The van der Waals surface area contributed by atoms with Gasteiger partial charge in [-0.25, -0.2) is 0 Å². The smallest absolute Gasteiger partial charge is 0.303 e. The van der Waals surface area contributed by atoms with E-state index in [9.17, 15) is 9.59 Å². The average Bonchev–Trinajstić information content (AvgIpc) is 3.13. The Hall–Kier alpha value is -1.16. The van der Waals surface area contributed by atoms with E-state index in [0.29, 0.717) is 18.4 Å². The first kappa shape index (κ1) is 14.8. The highest BCUT2D eigenvalue weighted by molar-refractivity contribution is 5.88. The van der Waals surface area contributed by atoms with E-state index in [-0.39, 0.29) is 16.8 Å². The lowest BCUT2D eigenvalue weighted by molar-refractivity contribution is -0.151. The molecule has 1 saturated heterocycles. The zero-order valence-corrected chi connectivity index (χ0v) is 13.3. The molecule has 2 aliphatic carbocycles. The predicted octanol–water partition coefficient (Wildman–Crippen LogP) is 2.80. The van der Waals surface area contributed by atoms with Crippen molar-refractivity contribution in [3.63, 3.8) is 0 Å². The molecule has 1 heterocycles. The lowest BCUT2D eigenvalue weighted by atomic mass is 9.58. The molecule has 0 unspecified atom stereocenters. The summed E-state index contributed by atoms with van der Waals surface area (Å²) in [6, 6.07) is 0. The molecule has 1 aliphatic heterocycles. The fourth-order valence-electron chi connectivity index (χ4n) is 4.42. The summed E-state index contributed by atoms with van der Waals surface area (Å²) in [5.41, 5.74) is 0.585. The molecule has 116 valence electrons. The summed E-state index contributed by atoms with van der Waals surface area (Å²) in [6.07, 6.45) is 5.11. The van der Waals surface area contributed by atoms with E-state index in [4.69, 9.17) is 9.47 Å². The maximum Gasteiger partial charge on any atom is 0.303 e. The molecule has 0 aromatic carbocycles. The largest absolute Gasteiger partial charge is 0.450 e. The maximum atomic E-state index is 12.4. The van der Waals surface area contributed by atoms with Gasteiger partial charge in [-0.05, 0) is 37.7 Å². The molecule has 0 aromatic rings. The van der Waals surface area contributed by atoms with Crippen molar-refractivity contribution in [3.05, 3.63) is 11.6 Å². The van der Waals surface area contributed by atoms with Gasteiger partial charge in [-0.1, -0.05) is 19.9 Å². The Balaban J connectivity index is 2.00. The zero-order valence-electron chi connectivity index (χ0n) is 13.3. The lowest BCUT2D eigenvalue weighted by Gasteiger charge is -2.44. The Kier molecular flexibility index (Phi) is 3.28. The standard InChI is InChI=1S/C17H24O4/c1-10-9-16(4)11(2)5-6-14-17(16,21-14)8-7-13(19)15(10)20-12(3)18/h9,11,14-15H,5-8H2,1-4H3/b10-9-/t11-,14+,15-,16+,17+/m0/s1. The van der Waals surface area contributed by atoms with Gasteiger partial charge in [-0.3, -0.25) is 9.59 Å². The van der Waals surface area contributed by atoms with Crippen molar-refractivity contribution in [2.24, 2.45) is 11.3 Å². The quantitative estimate of drug-likeness (QED) is 0.423. The third kappa shape index (κ3) is 2.07. The molecule has 4 nitrogen and oxygen atoms in total. The summed E-state index contributed by atoms with van der Waals surface area (Å²) >= 11 is 0. The van der Waals surface area contributed by atoms with Crippen LogP contribution in [0.2, 0.25) is 0 Å². The van der Waals surface area contributed by atoms with E-state index in [1.165, 1.54) is 6.92 Å². The fourth-order valence-corrected chi connectivity index (χ4v) is 4.42. The van der Waals surface area contributed by atoms with Gasteiger partial charge in [0.05, 0.1) is 6.10 Å². The van der Waals surface area contributed by atoms with Crippen molar-refractivity contribution in [2.45, 2.75) is 71.2 Å². The van der Waals surface area contributed by atoms with E-state index in [1.807, 2.05) is 6.92 Å². The molecule has 4 heteroatoms. The third-order valence-corrected chi connectivity index (χ3v) is 5.87. The molecule has 1 spiro atoms. The lowest BCUT2D eigenvalue weighted by Crippen LogP contribution is -2.47. The molecular weight excluding hydrogens is 268 g/mol. The van der Waals surface area contributed by atoms with Gasteiger partial charge in [-0.2, -0.15) is 0 Å². The normalized spacial score (nSPS) is 48.1. The van der Waals surface area contributed by atoms with Gasteiger partial charge in [0.2, 0.25) is 0 Å². The summed E-state index contributed by atoms with van der Waals surface area (Å²) < 4.78 is 11.3. The number of carbonyl (C=O) groups excluding carboxylic acids is 2. The number of ketones is 1. The van der Waals surface area contributed by atoms with Crippen LogP contribution >= 0.6 is 0 Å². The van der Waals surface area contributed by atoms with Crippen LogP contribution < -0.4 is 0 Å². The molecule has 0 bridgehead atoms. The number of carbonyl (C=O) groups is 2. The first-order valence-electron chi connectivity index (χ1n) is 7.87. The summed E-state index contributed by atoms with van der Waals surface area (Å²) in [6.45, 7) is 7.74. The van der Waals surface area contributed by atoms with Crippen molar-refractivity contribution in [2.75, 3.05) is 0 Å². The van der Waals surface area contributed by atoms with Crippen molar-refractivity contribution in [3.8, 4) is 0 Å². The van der Waals surface area contributed by atoms with Gasteiger partial charge < -0.3 is 9.47 Å². The Labute approximate surface area is 125 Å². The monoisotopic (exact) mass is 292 g/mol. The second-order valence-corrected chi connectivity index (χ2v) is 7.10. The number of hydrogen-bond donors (Lipinski definition) is 0. The summed E-state index contributed by atoms with van der Waals surface area (Å²) in [5.74, 6) is 0.0824. The zero-order chi connectivity index (χ0) is 15.4. The molecular formula is C17H24O4. The molecule has 0 aromatic heterocycles. The van der Waals surface area contributed by atoms with Crippen LogP contribution in [0.15, 0.2) is 11.6 Å². The second kappa shape index (κ2) is 4.67. The number of epoxide rings is 1. The molecule has 3 rings (SSSR count). The highest BCUT2D eigenvalue weighted by Gasteiger charge is 2.69. The van der Waals surface area contributed by atoms with E-state index in [2.05, 4.69) is 19.9 Å². The van der Waals surface area contributed by atoms with E-state index in [1.54, 1.807) is 0 Å². The molecule has 3 aliphatic rings. The molecule has 0 radical (unpaired) electrons. The Morgan fingerprint density at radius 1 is 1.43 bits per heavy atom. The van der Waals surface area contributed by atoms with Crippen molar-refractivity contribution < 1.29 is 19.1 Å². The molecule has 0 N–H and O–H groups in total. The van der Waals surface area contributed by atoms with Crippen molar-refractivity contribution in [1.29, 1.82) is 0 Å². The summed E-state index contributed by atoms with van der Waals surface area (Å²) in [7, 11) is 0. The fraction of sp³-hybridized carbons (Fsp3) is 0.765. The topological polar surface area (TPSA) is 55.9 Å². The Morgan fingerprint density at radius 3 is 2.81 bits per heavy atom. The highest BCUT2D eigenvalue weighted by Crippen LogP contribution is 2.64. The van der Waals surface area contributed by atoms with E-state index < -0.39 is 12.1 Å². The minimum Gasteiger partial charge on any atom is -0.450 e. The molecule has 0 amide bonds. The van der Waals surface area contributed by atoms with Crippen LogP contribution in [-0.4, -0.2) is 29.6 Å². The highest BCUT2D eigenvalue weighted by atomic mass is 16.6. The van der Waals surface area contributed by atoms with Gasteiger partial charge in [0.25, 0.3) is 0 Å².